The maximum Gasteiger partial charge on any atom is 0.191 e. The highest BCUT2D eigenvalue weighted by Crippen LogP contribution is 2.20. The normalized spacial score (nSPS) is 18.7. The van der Waals surface area contributed by atoms with Crippen molar-refractivity contribution in [3.63, 3.8) is 0 Å². The maximum absolute atomic E-state index is 12.0. The number of hydrogen-bond acceptors (Lipinski definition) is 3. The van der Waals surface area contributed by atoms with Crippen LogP contribution in [0, 0.1) is 0 Å². The molecule has 0 saturated heterocycles. The van der Waals surface area contributed by atoms with Crippen LogP contribution >= 0.6 is 0 Å². The summed E-state index contributed by atoms with van der Waals surface area (Å²) in [5, 5.41) is 6.50. The molecule has 0 aromatic carbocycles. The second-order valence-corrected chi connectivity index (χ2v) is 9.40. The van der Waals surface area contributed by atoms with E-state index < -0.39 is 10.8 Å². The summed E-state index contributed by atoms with van der Waals surface area (Å²) < 4.78 is 17.7. The van der Waals surface area contributed by atoms with E-state index in [9.17, 15) is 4.21 Å². The molecule has 0 heterocycles. The highest BCUT2D eigenvalue weighted by molar-refractivity contribution is 7.86. The topological polar surface area (TPSA) is 62.7 Å². The predicted octanol–water partition coefficient (Wildman–Crippen LogP) is 2.44. The van der Waals surface area contributed by atoms with Crippen LogP contribution in [0.4, 0.5) is 0 Å². The van der Waals surface area contributed by atoms with Gasteiger partial charge >= 0.3 is 0 Å². The predicted molar refractivity (Wildman–Crippen MR) is 99.6 cm³/mol. The Morgan fingerprint density at radius 3 is 2.43 bits per heavy atom. The average molecular weight is 346 g/mol. The molecule has 0 spiro atoms. The maximum atomic E-state index is 12.0. The third-order valence-electron chi connectivity index (χ3n) is 4.01. The van der Waals surface area contributed by atoms with Gasteiger partial charge in [-0.1, -0.05) is 19.3 Å². The molecule has 0 amide bonds. The molecule has 1 aliphatic carbocycles. The summed E-state index contributed by atoms with van der Waals surface area (Å²) in [4.78, 5) is 4.19. The Morgan fingerprint density at radius 2 is 1.83 bits per heavy atom. The van der Waals surface area contributed by atoms with Crippen molar-refractivity contribution < 1.29 is 8.95 Å². The van der Waals surface area contributed by atoms with E-state index in [-0.39, 0.29) is 4.75 Å². The highest BCUT2D eigenvalue weighted by atomic mass is 32.2. The molecule has 1 saturated carbocycles. The Morgan fingerprint density at radius 1 is 1.17 bits per heavy atom. The fourth-order valence-corrected chi connectivity index (χ4v) is 3.45. The molecule has 5 nitrogen and oxygen atoms in total. The van der Waals surface area contributed by atoms with Crippen LogP contribution in [0.25, 0.3) is 0 Å². The summed E-state index contributed by atoms with van der Waals surface area (Å²) in [5.41, 5.74) is 0. The molecule has 0 aliphatic heterocycles. The molecule has 1 unspecified atom stereocenters. The number of nitrogens with zero attached hydrogens (tertiary/aromatic N) is 1. The Hall–Kier alpha value is -0.620. The molecule has 1 aliphatic rings. The van der Waals surface area contributed by atoms with Crippen molar-refractivity contribution in [3.05, 3.63) is 0 Å². The minimum absolute atomic E-state index is 0.158. The monoisotopic (exact) mass is 345 g/mol. The molecule has 1 atom stereocenters. The fourth-order valence-electron chi connectivity index (χ4n) is 2.55. The van der Waals surface area contributed by atoms with Crippen molar-refractivity contribution in [2.24, 2.45) is 4.99 Å². The van der Waals surface area contributed by atoms with Gasteiger partial charge in [0.25, 0.3) is 0 Å². The first-order valence-corrected chi connectivity index (χ1v) is 10.2. The average Bonchev–Trinajstić information content (AvgIpc) is 2.52. The highest BCUT2D eigenvalue weighted by Gasteiger charge is 2.18. The lowest BCUT2D eigenvalue weighted by Crippen LogP contribution is -2.41. The summed E-state index contributed by atoms with van der Waals surface area (Å²) in [5.74, 6) is 1.41. The number of rotatable bonds is 8. The van der Waals surface area contributed by atoms with Crippen LogP contribution in [0.15, 0.2) is 4.99 Å². The van der Waals surface area contributed by atoms with Gasteiger partial charge in [-0.2, -0.15) is 0 Å². The molecule has 0 radical (unpaired) electrons. The van der Waals surface area contributed by atoms with E-state index in [0.717, 1.165) is 25.5 Å². The lowest BCUT2D eigenvalue weighted by Gasteiger charge is -2.22. The third kappa shape index (κ3) is 9.30. The zero-order valence-electron chi connectivity index (χ0n) is 15.3. The fraction of sp³-hybridized carbons (Fsp3) is 0.941. The van der Waals surface area contributed by atoms with Gasteiger partial charge in [0.2, 0.25) is 0 Å². The van der Waals surface area contributed by atoms with Crippen LogP contribution < -0.4 is 10.6 Å². The van der Waals surface area contributed by atoms with Gasteiger partial charge in [-0.3, -0.25) is 9.20 Å². The zero-order valence-corrected chi connectivity index (χ0v) is 16.1. The molecule has 2 N–H and O–H groups in total. The molecule has 0 aromatic rings. The van der Waals surface area contributed by atoms with Gasteiger partial charge in [-0.15, -0.1) is 0 Å². The Kier molecular flexibility index (Phi) is 9.79. The lowest BCUT2D eigenvalue weighted by molar-refractivity contribution is 0.0277. The largest absolute Gasteiger partial charge is 0.378 e. The van der Waals surface area contributed by atoms with Gasteiger partial charge in [0, 0.05) is 48.0 Å². The Labute approximate surface area is 144 Å². The Balaban J connectivity index is 2.06. The first-order chi connectivity index (χ1) is 10.9. The van der Waals surface area contributed by atoms with Crippen molar-refractivity contribution >= 4 is 16.8 Å². The van der Waals surface area contributed by atoms with Gasteiger partial charge < -0.3 is 15.4 Å². The van der Waals surface area contributed by atoms with Crippen molar-refractivity contribution in [3.8, 4) is 0 Å². The minimum atomic E-state index is -0.833. The van der Waals surface area contributed by atoms with Crippen LogP contribution in [0.2, 0.25) is 0 Å². The molecule has 1 rings (SSSR count). The van der Waals surface area contributed by atoms with E-state index in [1.54, 1.807) is 7.05 Å². The third-order valence-corrected chi connectivity index (χ3v) is 5.95. The second kappa shape index (κ2) is 11.0. The molecule has 0 aromatic heterocycles. The summed E-state index contributed by atoms with van der Waals surface area (Å²) in [6.07, 6.45) is 7.90. The van der Waals surface area contributed by atoms with Crippen molar-refractivity contribution in [1.29, 1.82) is 0 Å². The summed E-state index contributed by atoms with van der Waals surface area (Å²) in [6, 6.07) is 0. The van der Waals surface area contributed by atoms with E-state index in [2.05, 4.69) is 15.6 Å². The lowest BCUT2D eigenvalue weighted by atomic mass is 9.98. The number of aliphatic imine (C=N–C) groups is 1. The van der Waals surface area contributed by atoms with Crippen LogP contribution in [-0.2, 0) is 15.5 Å². The second-order valence-electron chi connectivity index (χ2n) is 7.07. The van der Waals surface area contributed by atoms with E-state index in [0.29, 0.717) is 18.4 Å². The van der Waals surface area contributed by atoms with Crippen molar-refractivity contribution in [2.75, 3.05) is 32.5 Å². The number of hydrogen-bond donors (Lipinski definition) is 2. The number of ether oxygens (including phenoxy) is 1. The smallest absolute Gasteiger partial charge is 0.191 e. The van der Waals surface area contributed by atoms with Crippen molar-refractivity contribution in [2.45, 2.75) is 70.1 Å². The van der Waals surface area contributed by atoms with E-state index in [4.69, 9.17) is 4.74 Å². The van der Waals surface area contributed by atoms with Gasteiger partial charge in [0.05, 0.1) is 6.10 Å². The standard InChI is InChI=1S/C17H35N3O2S/c1-17(2,3)23(21)14-12-20-16(18-4)19-11-8-13-22-15-9-6-5-7-10-15/h15H,5-14H2,1-4H3,(H2,18,19,20). The zero-order chi connectivity index (χ0) is 17.1. The van der Waals surface area contributed by atoms with Crippen LogP contribution in [0.1, 0.15) is 59.3 Å². The number of guanidine groups is 1. The molecule has 136 valence electrons. The van der Waals surface area contributed by atoms with Crippen molar-refractivity contribution in [1.82, 2.24) is 10.6 Å². The summed E-state index contributed by atoms with van der Waals surface area (Å²) >= 11 is 0. The Bertz CT molecular complexity index is 375. The first-order valence-electron chi connectivity index (χ1n) is 8.88. The quantitative estimate of drug-likeness (QED) is 0.403. The molecule has 0 bridgehead atoms. The molecule has 1 fully saturated rings. The molecule has 6 heteroatoms. The summed E-state index contributed by atoms with van der Waals surface area (Å²) in [7, 11) is 0.926. The number of nitrogens with one attached hydrogen (secondary N) is 2. The van der Waals surface area contributed by atoms with E-state index in [1.807, 2.05) is 20.8 Å². The van der Waals surface area contributed by atoms with Gasteiger partial charge in [0.15, 0.2) is 5.96 Å². The van der Waals surface area contributed by atoms with Crippen LogP contribution in [0.5, 0.6) is 0 Å². The molecular formula is C17H35N3O2S. The van der Waals surface area contributed by atoms with Gasteiger partial charge in [0.1, 0.15) is 0 Å². The SMILES string of the molecule is CN=C(NCCCOC1CCCCC1)NCCS(=O)C(C)(C)C. The first kappa shape index (κ1) is 20.4. The van der Waals surface area contributed by atoms with E-state index in [1.165, 1.54) is 32.1 Å². The van der Waals surface area contributed by atoms with E-state index >= 15 is 0 Å². The minimum Gasteiger partial charge on any atom is -0.378 e. The van der Waals surface area contributed by atoms with Crippen LogP contribution in [0.3, 0.4) is 0 Å². The van der Waals surface area contributed by atoms with Gasteiger partial charge in [-0.05, 0) is 40.0 Å². The molecule has 23 heavy (non-hydrogen) atoms. The van der Waals surface area contributed by atoms with Crippen LogP contribution in [-0.4, -0.2) is 53.5 Å². The summed E-state index contributed by atoms with van der Waals surface area (Å²) in [6.45, 7) is 8.33. The molecular weight excluding hydrogens is 310 g/mol. The van der Waals surface area contributed by atoms with Gasteiger partial charge in [-0.25, -0.2) is 0 Å².